The minimum atomic E-state index is -0.839. The molecule has 1 aromatic heterocycles. The topological polar surface area (TPSA) is 88.3 Å². The molecule has 1 aliphatic heterocycles. The fraction of sp³-hybridized carbons (Fsp3) is 0.321. The van der Waals surface area contributed by atoms with Crippen molar-refractivity contribution in [3.8, 4) is 17.2 Å². The number of allylic oxidation sites excluding steroid dienone is 1. The molecule has 0 saturated heterocycles. The van der Waals surface area contributed by atoms with Gasteiger partial charge in [-0.3, -0.25) is 9.36 Å². The first-order valence-electron chi connectivity index (χ1n) is 12.1. The van der Waals surface area contributed by atoms with Gasteiger partial charge in [0, 0.05) is 5.56 Å². The van der Waals surface area contributed by atoms with Crippen LogP contribution in [0.25, 0.3) is 6.08 Å². The number of nitrogens with zero attached hydrogens (tertiary/aromatic N) is 2. The van der Waals surface area contributed by atoms with Crippen LogP contribution in [0.4, 0.5) is 0 Å². The Balaban J connectivity index is 1.96. The Bertz CT molecular complexity index is 1590. The van der Waals surface area contributed by atoms with Crippen molar-refractivity contribution in [2.24, 2.45) is 4.99 Å². The van der Waals surface area contributed by atoms with E-state index < -0.39 is 12.0 Å². The number of esters is 1. The van der Waals surface area contributed by atoms with Crippen LogP contribution < -0.4 is 29.1 Å². The van der Waals surface area contributed by atoms with Gasteiger partial charge < -0.3 is 18.9 Å². The number of benzene rings is 2. The SMILES string of the molecule is CCOc1ccc(/C=c2\sc3n(c2=O)[C@H](c2cc(OC)ccc2OC)C(C(=O)OC(C)C)=C(C)N=3)cc1Cl. The van der Waals surface area contributed by atoms with Crippen molar-refractivity contribution < 1.29 is 23.7 Å². The monoisotopic (exact) mass is 556 g/mol. The number of fused-ring (bicyclic) bond motifs is 1. The molecule has 0 amide bonds. The van der Waals surface area contributed by atoms with Crippen molar-refractivity contribution in [2.75, 3.05) is 20.8 Å². The van der Waals surface area contributed by atoms with Crippen LogP contribution in [0.3, 0.4) is 0 Å². The summed E-state index contributed by atoms with van der Waals surface area (Å²) in [7, 11) is 3.08. The molecule has 1 atom stereocenters. The van der Waals surface area contributed by atoms with E-state index in [0.29, 0.717) is 49.5 Å². The molecule has 3 aromatic rings. The first kappa shape index (κ1) is 27.5. The third-order valence-corrected chi connectivity index (χ3v) is 7.15. The van der Waals surface area contributed by atoms with Crippen molar-refractivity contribution in [1.29, 1.82) is 0 Å². The summed E-state index contributed by atoms with van der Waals surface area (Å²) in [6.45, 7) is 7.65. The van der Waals surface area contributed by atoms with Crippen LogP contribution in [0.1, 0.15) is 44.9 Å². The fourth-order valence-corrected chi connectivity index (χ4v) is 5.53. The van der Waals surface area contributed by atoms with Gasteiger partial charge in [-0.05, 0) is 69.7 Å². The Morgan fingerprint density at radius 2 is 1.89 bits per heavy atom. The van der Waals surface area contributed by atoms with Crippen LogP contribution in [-0.4, -0.2) is 37.5 Å². The van der Waals surface area contributed by atoms with Crippen LogP contribution in [0.2, 0.25) is 5.02 Å². The van der Waals surface area contributed by atoms with Crippen molar-refractivity contribution in [1.82, 2.24) is 4.57 Å². The lowest BCUT2D eigenvalue weighted by Gasteiger charge is -2.26. The maximum atomic E-state index is 13.9. The quantitative estimate of drug-likeness (QED) is 0.385. The zero-order chi connectivity index (χ0) is 27.6. The van der Waals surface area contributed by atoms with Crippen LogP contribution in [0.5, 0.6) is 17.2 Å². The van der Waals surface area contributed by atoms with E-state index in [-0.39, 0.29) is 17.2 Å². The van der Waals surface area contributed by atoms with Gasteiger partial charge in [0.2, 0.25) is 0 Å². The molecule has 0 spiro atoms. The van der Waals surface area contributed by atoms with Gasteiger partial charge in [0.05, 0.1) is 47.8 Å². The number of carbonyl (C=O) groups excluding carboxylic acids is 1. The molecule has 2 aromatic carbocycles. The Labute approximate surface area is 229 Å². The second-order valence-electron chi connectivity index (χ2n) is 8.77. The third-order valence-electron chi connectivity index (χ3n) is 5.87. The number of thiazole rings is 1. The maximum Gasteiger partial charge on any atom is 0.338 e. The van der Waals surface area contributed by atoms with Crippen LogP contribution in [-0.2, 0) is 9.53 Å². The molecule has 0 bridgehead atoms. The lowest BCUT2D eigenvalue weighted by Crippen LogP contribution is -2.40. The lowest BCUT2D eigenvalue weighted by atomic mass is 9.94. The van der Waals surface area contributed by atoms with E-state index in [2.05, 4.69) is 4.99 Å². The highest BCUT2D eigenvalue weighted by molar-refractivity contribution is 7.07. The number of rotatable bonds is 8. The van der Waals surface area contributed by atoms with Crippen molar-refractivity contribution in [3.63, 3.8) is 0 Å². The standard InChI is InChI=1S/C28H29ClN2O6S/c1-7-36-22-10-8-17(12-20(22)29)13-23-26(32)31-25(19-14-18(34-5)9-11-21(19)35-6)24(27(33)37-15(2)3)16(4)30-28(31)38-23/h8-15,25H,7H2,1-6H3/b23-13-/t25-/m1/s1. The van der Waals surface area contributed by atoms with Crippen LogP contribution >= 0.6 is 22.9 Å². The summed E-state index contributed by atoms with van der Waals surface area (Å²) >= 11 is 7.59. The Morgan fingerprint density at radius 3 is 2.53 bits per heavy atom. The molecular weight excluding hydrogens is 528 g/mol. The smallest absolute Gasteiger partial charge is 0.338 e. The average Bonchev–Trinajstić information content (AvgIpc) is 3.18. The Kier molecular flexibility index (Phi) is 8.28. The van der Waals surface area contributed by atoms with E-state index in [1.807, 2.05) is 13.0 Å². The summed E-state index contributed by atoms with van der Waals surface area (Å²) in [5.74, 6) is 1.07. The molecule has 0 saturated carbocycles. The molecule has 1 aliphatic rings. The normalized spacial score (nSPS) is 15.3. The van der Waals surface area contributed by atoms with Gasteiger partial charge in [0.1, 0.15) is 23.3 Å². The van der Waals surface area contributed by atoms with Crippen LogP contribution in [0, 0.1) is 0 Å². The molecule has 0 aliphatic carbocycles. The first-order chi connectivity index (χ1) is 18.2. The number of halogens is 1. The summed E-state index contributed by atoms with van der Waals surface area (Å²) in [5, 5.41) is 0.446. The summed E-state index contributed by atoms with van der Waals surface area (Å²) in [6, 6.07) is 9.75. The molecule has 8 nitrogen and oxygen atoms in total. The molecule has 2 heterocycles. The highest BCUT2D eigenvalue weighted by Gasteiger charge is 2.35. The lowest BCUT2D eigenvalue weighted by molar-refractivity contribution is -0.143. The Hall–Kier alpha value is -3.56. The molecule has 200 valence electrons. The predicted octanol–water partition coefficient (Wildman–Crippen LogP) is 4.26. The second-order valence-corrected chi connectivity index (χ2v) is 10.2. The molecular formula is C28H29ClN2O6S. The summed E-state index contributed by atoms with van der Waals surface area (Å²) < 4.78 is 24.1. The molecule has 0 radical (unpaired) electrons. The van der Waals surface area contributed by atoms with Gasteiger partial charge in [-0.25, -0.2) is 9.79 Å². The van der Waals surface area contributed by atoms with Crippen molar-refractivity contribution in [2.45, 2.75) is 39.8 Å². The van der Waals surface area contributed by atoms with Gasteiger partial charge in [0.15, 0.2) is 4.80 Å². The zero-order valence-electron chi connectivity index (χ0n) is 22.0. The number of methoxy groups -OCH3 is 2. The highest BCUT2D eigenvalue weighted by Crippen LogP contribution is 2.38. The molecule has 0 fully saturated rings. The number of hydrogen-bond acceptors (Lipinski definition) is 8. The van der Waals surface area contributed by atoms with Crippen LogP contribution in [0.15, 0.2) is 57.5 Å². The number of aromatic nitrogens is 1. The molecule has 38 heavy (non-hydrogen) atoms. The fourth-order valence-electron chi connectivity index (χ4n) is 4.24. The number of ether oxygens (including phenoxy) is 4. The predicted molar refractivity (Wildman–Crippen MR) is 147 cm³/mol. The van der Waals surface area contributed by atoms with Crippen molar-refractivity contribution in [3.05, 3.63) is 83.5 Å². The van der Waals surface area contributed by atoms with Gasteiger partial charge in [-0.15, -0.1) is 0 Å². The average molecular weight is 557 g/mol. The van der Waals surface area contributed by atoms with Gasteiger partial charge in [0.25, 0.3) is 5.56 Å². The number of carbonyl (C=O) groups is 1. The van der Waals surface area contributed by atoms with Gasteiger partial charge in [-0.1, -0.05) is 29.0 Å². The third kappa shape index (κ3) is 5.35. The van der Waals surface area contributed by atoms with E-state index in [0.717, 1.165) is 5.56 Å². The van der Waals surface area contributed by atoms with Gasteiger partial charge >= 0.3 is 5.97 Å². The Morgan fingerprint density at radius 1 is 1.16 bits per heavy atom. The highest BCUT2D eigenvalue weighted by atomic mass is 35.5. The molecule has 10 heteroatoms. The van der Waals surface area contributed by atoms with E-state index in [4.69, 9.17) is 30.5 Å². The molecule has 4 rings (SSSR count). The van der Waals surface area contributed by atoms with E-state index >= 15 is 0 Å². The minimum absolute atomic E-state index is 0.258. The zero-order valence-corrected chi connectivity index (χ0v) is 23.6. The van der Waals surface area contributed by atoms with Gasteiger partial charge in [-0.2, -0.15) is 0 Å². The maximum absolute atomic E-state index is 13.9. The molecule has 0 unspecified atom stereocenters. The molecule has 0 N–H and O–H groups in total. The summed E-state index contributed by atoms with van der Waals surface area (Å²) in [5.41, 5.74) is 1.72. The second kappa shape index (κ2) is 11.4. The van der Waals surface area contributed by atoms with E-state index in [1.165, 1.54) is 23.0 Å². The largest absolute Gasteiger partial charge is 0.497 e. The van der Waals surface area contributed by atoms with E-state index in [1.54, 1.807) is 64.3 Å². The summed E-state index contributed by atoms with van der Waals surface area (Å²) in [6.07, 6.45) is 1.39. The number of hydrogen-bond donors (Lipinski definition) is 0. The van der Waals surface area contributed by atoms with Crippen molar-refractivity contribution >= 4 is 35.0 Å². The van der Waals surface area contributed by atoms with E-state index in [9.17, 15) is 9.59 Å². The minimum Gasteiger partial charge on any atom is -0.497 e. The first-order valence-corrected chi connectivity index (χ1v) is 13.3. The summed E-state index contributed by atoms with van der Waals surface area (Å²) in [4.78, 5) is 32.3.